The van der Waals surface area contributed by atoms with Gasteiger partial charge in [0.15, 0.2) is 0 Å². The highest BCUT2D eigenvalue weighted by atomic mass is 16.3. The molecular formula is C11H17N3O2. The first kappa shape index (κ1) is 12.4. The molecule has 0 aromatic carbocycles. The van der Waals surface area contributed by atoms with Gasteiger partial charge in [0, 0.05) is 24.9 Å². The highest BCUT2D eigenvalue weighted by molar-refractivity contribution is 5.92. The van der Waals surface area contributed by atoms with Gasteiger partial charge in [-0.3, -0.25) is 9.48 Å². The van der Waals surface area contributed by atoms with E-state index in [2.05, 4.69) is 10.4 Å². The standard InChI is InChI=1S/C11H17N3O2/c1-11(2,8-15)13-10(16)5-4-9-6-12-14(3)7-9/h4-7,15H,8H2,1-3H3,(H,13,16)/b5-4+. The fraction of sp³-hybridized carbons (Fsp3) is 0.455. The second-order valence-electron chi connectivity index (χ2n) is 4.31. The van der Waals surface area contributed by atoms with E-state index >= 15 is 0 Å². The molecule has 1 aromatic rings. The average Bonchev–Trinajstić information content (AvgIpc) is 2.61. The Labute approximate surface area is 94.8 Å². The van der Waals surface area contributed by atoms with Crippen LogP contribution in [0.4, 0.5) is 0 Å². The van der Waals surface area contributed by atoms with Crippen LogP contribution in [0.5, 0.6) is 0 Å². The fourth-order valence-corrected chi connectivity index (χ4v) is 1.11. The Kier molecular flexibility index (Phi) is 3.84. The summed E-state index contributed by atoms with van der Waals surface area (Å²) in [6.07, 6.45) is 6.58. The van der Waals surface area contributed by atoms with Gasteiger partial charge in [0.1, 0.15) is 0 Å². The molecule has 0 aliphatic heterocycles. The molecule has 1 amide bonds. The summed E-state index contributed by atoms with van der Waals surface area (Å²) < 4.78 is 1.66. The van der Waals surface area contributed by atoms with E-state index in [1.54, 1.807) is 37.0 Å². The minimum atomic E-state index is -0.601. The van der Waals surface area contributed by atoms with Gasteiger partial charge in [0.05, 0.1) is 18.3 Å². The molecule has 0 aliphatic carbocycles. The van der Waals surface area contributed by atoms with Crippen LogP contribution in [-0.4, -0.2) is 32.9 Å². The van der Waals surface area contributed by atoms with Crippen LogP contribution in [-0.2, 0) is 11.8 Å². The number of hydrogen-bond donors (Lipinski definition) is 2. The summed E-state index contributed by atoms with van der Waals surface area (Å²) in [7, 11) is 1.81. The normalized spacial score (nSPS) is 12.0. The summed E-state index contributed by atoms with van der Waals surface area (Å²) in [6, 6.07) is 0. The number of nitrogens with zero attached hydrogens (tertiary/aromatic N) is 2. The molecule has 0 spiro atoms. The molecule has 0 unspecified atom stereocenters. The van der Waals surface area contributed by atoms with Crippen molar-refractivity contribution in [3.05, 3.63) is 24.0 Å². The summed E-state index contributed by atoms with van der Waals surface area (Å²) in [5, 5.41) is 15.6. The smallest absolute Gasteiger partial charge is 0.244 e. The molecule has 5 heteroatoms. The number of aromatic nitrogens is 2. The molecule has 0 bridgehead atoms. The molecule has 1 aromatic heterocycles. The number of rotatable bonds is 4. The zero-order valence-electron chi connectivity index (χ0n) is 9.77. The molecule has 0 saturated carbocycles. The zero-order valence-corrected chi connectivity index (χ0v) is 9.77. The predicted octanol–water partition coefficient (Wildman–Crippen LogP) is 0.320. The Balaban J connectivity index is 2.55. The van der Waals surface area contributed by atoms with E-state index in [-0.39, 0.29) is 12.5 Å². The van der Waals surface area contributed by atoms with Gasteiger partial charge in [-0.2, -0.15) is 5.10 Å². The highest BCUT2D eigenvalue weighted by Gasteiger charge is 2.17. The average molecular weight is 223 g/mol. The van der Waals surface area contributed by atoms with Gasteiger partial charge in [-0.25, -0.2) is 0 Å². The number of aliphatic hydroxyl groups excluding tert-OH is 1. The Morgan fingerprint density at radius 2 is 2.38 bits per heavy atom. The van der Waals surface area contributed by atoms with Gasteiger partial charge >= 0.3 is 0 Å². The van der Waals surface area contributed by atoms with Crippen LogP contribution in [0.2, 0.25) is 0 Å². The lowest BCUT2D eigenvalue weighted by molar-refractivity contribution is -0.118. The van der Waals surface area contributed by atoms with Crippen LogP contribution in [0.1, 0.15) is 19.4 Å². The first-order valence-corrected chi connectivity index (χ1v) is 5.03. The molecule has 1 heterocycles. The summed E-state index contributed by atoms with van der Waals surface area (Å²) in [5.41, 5.74) is 0.260. The first-order chi connectivity index (χ1) is 7.43. The summed E-state index contributed by atoms with van der Waals surface area (Å²) >= 11 is 0. The van der Waals surface area contributed by atoms with E-state index in [1.165, 1.54) is 6.08 Å². The largest absolute Gasteiger partial charge is 0.394 e. The van der Waals surface area contributed by atoms with Gasteiger partial charge in [-0.05, 0) is 19.9 Å². The molecule has 5 nitrogen and oxygen atoms in total. The van der Waals surface area contributed by atoms with E-state index in [0.29, 0.717) is 0 Å². The summed E-state index contributed by atoms with van der Waals surface area (Å²) in [5.74, 6) is -0.233. The van der Waals surface area contributed by atoms with Crippen molar-refractivity contribution in [1.82, 2.24) is 15.1 Å². The molecule has 0 radical (unpaired) electrons. The number of amides is 1. The van der Waals surface area contributed by atoms with Crippen molar-refractivity contribution >= 4 is 12.0 Å². The monoisotopic (exact) mass is 223 g/mol. The number of aryl methyl sites for hydroxylation is 1. The van der Waals surface area contributed by atoms with Gasteiger partial charge in [0.2, 0.25) is 5.91 Å². The van der Waals surface area contributed by atoms with Crippen molar-refractivity contribution in [3.63, 3.8) is 0 Å². The minimum absolute atomic E-state index is 0.0977. The lowest BCUT2D eigenvalue weighted by atomic mass is 10.1. The first-order valence-electron chi connectivity index (χ1n) is 5.03. The number of hydrogen-bond acceptors (Lipinski definition) is 3. The molecule has 16 heavy (non-hydrogen) atoms. The third-order valence-electron chi connectivity index (χ3n) is 2.01. The third-order valence-corrected chi connectivity index (χ3v) is 2.01. The fourth-order valence-electron chi connectivity index (χ4n) is 1.11. The maximum absolute atomic E-state index is 11.5. The second-order valence-corrected chi connectivity index (χ2v) is 4.31. The zero-order chi connectivity index (χ0) is 12.2. The number of carbonyl (C=O) groups is 1. The topological polar surface area (TPSA) is 67.2 Å². The van der Waals surface area contributed by atoms with Crippen molar-refractivity contribution in [2.75, 3.05) is 6.61 Å². The minimum Gasteiger partial charge on any atom is -0.394 e. The SMILES string of the molecule is Cn1cc(/C=C/C(=O)NC(C)(C)CO)cn1. The van der Waals surface area contributed by atoms with Crippen LogP contribution in [0.3, 0.4) is 0 Å². The molecule has 0 aliphatic rings. The van der Waals surface area contributed by atoms with Crippen LogP contribution >= 0.6 is 0 Å². The van der Waals surface area contributed by atoms with Crippen molar-refractivity contribution in [2.45, 2.75) is 19.4 Å². The summed E-state index contributed by atoms with van der Waals surface area (Å²) in [4.78, 5) is 11.5. The van der Waals surface area contributed by atoms with E-state index in [9.17, 15) is 4.79 Å². The van der Waals surface area contributed by atoms with Crippen molar-refractivity contribution in [1.29, 1.82) is 0 Å². The number of nitrogens with one attached hydrogen (secondary N) is 1. The van der Waals surface area contributed by atoms with E-state index in [4.69, 9.17) is 5.11 Å². The van der Waals surface area contributed by atoms with Gasteiger partial charge in [-0.15, -0.1) is 0 Å². The third kappa shape index (κ3) is 3.86. The van der Waals surface area contributed by atoms with Gasteiger partial charge in [-0.1, -0.05) is 0 Å². The lowest BCUT2D eigenvalue weighted by Crippen LogP contribution is -2.45. The predicted molar refractivity (Wildman–Crippen MR) is 61.5 cm³/mol. The van der Waals surface area contributed by atoms with E-state index in [1.807, 2.05) is 7.05 Å². The second kappa shape index (κ2) is 4.94. The quantitative estimate of drug-likeness (QED) is 0.722. The van der Waals surface area contributed by atoms with E-state index < -0.39 is 5.54 Å². The van der Waals surface area contributed by atoms with Crippen molar-refractivity contribution < 1.29 is 9.90 Å². The Bertz CT molecular complexity index is 394. The van der Waals surface area contributed by atoms with Crippen LogP contribution in [0.15, 0.2) is 18.5 Å². The molecular weight excluding hydrogens is 206 g/mol. The maximum Gasteiger partial charge on any atom is 0.244 e. The number of carbonyl (C=O) groups excluding carboxylic acids is 1. The lowest BCUT2D eigenvalue weighted by Gasteiger charge is -2.22. The molecule has 88 valence electrons. The Morgan fingerprint density at radius 3 is 2.88 bits per heavy atom. The van der Waals surface area contributed by atoms with Crippen molar-refractivity contribution in [3.8, 4) is 0 Å². The van der Waals surface area contributed by atoms with Crippen LogP contribution < -0.4 is 5.32 Å². The molecule has 2 N–H and O–H groups in total. The van der Waals surface area contributed by atoms with E-state index in [0.717, 1.165) is 5.56 Å². The molecule has 0 atom stereocenters. The van der Waals surface area contributed by atoms with Crippen LogP contribution in [0, 0.1) is 0 Å². The van der Waals surface area contributed by atoms with Crippen molar-refractivity contribution in [2.24, 2.45) is 7.05 Å². The van der Waals surface area contributed by atoms with Gasteiger partial charge < -0.3 is 10.4 Å². The Morgan fingerprint density at radius 1 is 1.69 bits per heavy atom. The van der Waals surface area contributed by atoms with Crippen LogP contribution in [0.25, 0.3) is 6.08 Å². The maximum atomic E-state index is 11.5. The molecule has 0 saturated heterocycles. The molecule has 0 fully saturated rings. The highest BCUT2D eigenvalue weighted by Crippen LogP contribution is 2.02. The number of aliphatic hydroxyl groups is 1. The van der Waals surface area contributed by atoms with Gasteiger partial charge in [0.25, 0.3) is 0 Å². The summed E-state index contributed by atoms with van der Waals surface area (Å²) in [6.45, 7) is 3.41. The molecule has 1 rings (SSSR count). The Hall–Kier alpha value is -1.62.